The third-order valence-electron chi connectivity index (χ3n) is 4.56. The number of carboxylic acid groups (broad SMARTS) is 1. The Labute approximate surface area is 205 Å². The van der Waals surface area contributed by atoms with Gasteiger partial charge in [0, 0.05) is 16.3 Å². The number of halogens is 2. The Morgan fingerprint density at radius 1 is 0.912 bits per heavy atom. The van der Waals surface area contributed by atoms with Gasteiger partial charge in [0.2, 0.25) is 0 Å². The van der Waals surface area contributed by atoms with E-state index in [0.29, 0.717) is 5.69 Å². The number of aromatic carboxylic acids is 1. The lowest BCUT2D eigenvalue weighted by molar-refractivity contribution is 0.0696. The van der Waals surface area contributed by atoms with Gasteiger partial charge in [0.1, 0.15) is 4.90 Å². The molecule has 0 saturated carbocycles. The topological polar surface area (TPSA) is 131 Å². The smallest absolute Gasteiger partial charge is 0.335 e. The molecule has 0 unspecified atom stereocenters. The van der Waals surface area contributed by atoms with Crippen LogP contribution in [-0.4, -0.2) is 39.6 Å². The number of hydrogen-bond acceptors (Lipinski definition) is 6. The summed E-state index contributed by atoms with van der Waals surface area (Å²) in [6.45, 7) is 0. The zero-order valence-electron chi connectivity index (χ0n) is 17.8. The lowest BCUT2D eigenvalue weighted by Crippen LogP contribution is -2.17. The molecule has 0 saturated heterocycles. The van der Waals surface area contributed by atoms with Crippen molar-refractivity contribution in [1.29, 1.82) is 0 Å². The van der Waals surface area contributed by atoms with Crippen LogP contribution in [0.5, 0.6) is 11.5 Å². The third-order valence-corrected chi connectivity index (χ3v) is 6.64. The van der Waals surface area contributed by atoms with Gasteiger partial charge in [-0.3, -0.25) is 9.52 Å². The number of methoxy groups -OCH3 is 2. The second kappa shape index (κ2) is 10.2. The van der Waals surface area contributed by atoms with E-state index < -0.39 is 21.9 Å². The van der Waals surface area contributed by atoms with Crippen molar-refractivity contribution in [2.24, 2.45) is 0 Å². The van der Waals surface area contributed by atoms with E-state index in [1.165, 1.54) is 68.8 Å². The number of anilines is 2. The SMILES string of the molecule is COc1cc(C(=O)Nc2ccc(C(=O)O)cc2)cc(NS(=O)(=O)c2cc(Cl)ccc2Cl)c1OC. The monoisotopic (exact) mass is 524 g/mol. The molecule has 3 rings (SSSR count). The van der Waals surface area contributed by atoms with E-state index in [4.69, 9.17) is 37.8 Å². The molecule has 0 atom stereocenters. The van der Waals surface area contributed by atoms with Gasteiger partial charge in [-0.1, -0.05) is 23.2 Å². The fourth-order valence-corrected chi connectivity index (χ4v) is 4.77. The Balaban J connectivity index is 1.99. The molecular formula is C22H18Cl2N2O7S. The maximum absolute atomic E-state index is 13.0. The molecule has 3 N–H and O–H groups in total. The molecule has 0 bridgehead atoms. The van der Waals surface area contributed by atoms with Gasteiger partial charge >= 0.3 is 5.97 Å². The molecule has 0 aliphatic carbocycles. The second-order valence-corrected chi connectivity index (χ2v) is 9.27. The Bertz CT molecular complexity index is 1360. The van der Waals surface area contributed by atoms with E-state index >= 15 is 0 Å². The van der Waals surface area contributed by atoms with Crippen LogP contribution in [0.4, 0.5) is 11.4 Å². The number of benzene rings is 3. The van der Waals surface area contributed by atoms with Gasteiger partial charge in [-0.25, -0.2) is 13.2 Å². The minimum Gasteiger partial charge on any atom is -0.493 e. The van der Waals surface area contributed by atoms with E-state index in [9.17, 15) is 18.0 Å². The lowest BCUT2D eigenvalue weighted by atomic mass is 10.1. The van der Waals surface area contributed by atoms with Crippen LogP contribution in [0.25, 0.3) is 0 Å². The fourth-order valence-electron chi connectivity index (χ4n) is 2.95. The number of ether oxygens (including phenoxy) is 2. The van der Waals surface area contributed by atoms with E-state index in [1.807, 2.05) is 0 Å². The maximum Gasteiger partial charge on any atom is 0.335 e. The number of carboxylic acids is 1. The predicted octanol–water partition coefficient (Wildman–Crippen LogP) is 4.76. The van der Waals surface area contributed by atoms with Crippen molar-refractivity contribution in [3.63, 3.8) is 0 Å². The van der Waals surface area contributed by atoms with E-state index in [-0.39, 0.29) is 43.3 Å². The highest BCUT2D eigenvalue weighted by atomic mass is 35.5. The summed E-state index contributed by atoms with van der Waals surface area (Å²) < 4.78 is 38.9. The molecule has 0 aliphatic rings. The zero-order chi connectivity index (χ0) is 25.0. The van der Waals surface area contributed by atoms with Crippen LogP contribution >= 0.6 is 23.2 Å². The molecule has 3 aromatic carbocycles. The Hall–Kier alpha value is -3.47. The van der Waals surface area contributed by atoms with Gasteiger partial charge in [0.25, 0.3) is 15.9 Å². The van der Waals surface area contributed by atoms with Gasteiger partial charge in [0.05, 0.1) is 30.5 Å². The van der Waals surface area contributed by atoms with Crippen molar-refractivity contribution in [3.8, 4) is 11.5 Å². The lowest BCUT2D eigenvalue weighted by Gasteiger charge is -2.17. The summed E-state index contributed by atoms with van der Waals surface area (Å²) in [7, 11) is -1.59. The van der Waals surface area contributed by atoms with Crippen molar-refractivity contribution in [2.75, 3.05) is 24.3 Å². The number of sulfonamides is 1. The Kier molecular flexibility index (Phi) is 7.55. The highest BCUT2D eigenvalue weighted by Crippen LogP contribution is 2.38. The van der Waals surface area contributed by atoms with E-state index in [2.05, 4.69) is 10.0 Å². The molecule has 9 nitrogen and oxygen atoms in total. The molecule has 0 aromatic heterocycles. The van der Waals surface area contributed by atoms with Crippen molar-refractivity contribution in [3.05, 3.63) is 75.8 Å². The highest BCUT2D eigenvalue weighted by Gasteiger charge is 2.24. The van der Waals surface area contributed by atoms with Crippen molar-refractivity contribution in [2.45, 2.75) is 4.90 Å². The first kappa shape index (κ1) is 25.2. The molecule has 0 heterocycles. The standard InChI is InChI=1S/C22H18Cl2N2O7S/c1-32-18-10-13(21(27)25-15-6-3-12(4-7-15)22(28)29)9-17(20(18)33-2)26-34(30,31)19-11-14(23)5-8-16(19)24/h3-11,26H,1-2H3,(H,25,27)(H,28,29). The van der Waals surface area contributed by atoms with Crippen LogP contribution in [0, 0.1) is 0 Å². The molecule has 34 heavy (non-hydrogen) atoms. The molecular weight excluding hydrogens is 507 g/mol. The second-order valence-electron chi connectivity index (χ2n) is 6.78. The average molecular weight is 525 g/mol. The first-order valence-corrected chi connectivity index (χ1v) is 11.7. The molecule has 12 heteroatoms. The molecule has 0 fully saturated rings. The minimum atomic E-state index is -4.23. The summed E-state index contributed by atoms with van der Waals surface area (Å²) in [6.07, 6.45) is 0. The van der Waals surface area contributed by atoms with Gasteiger partial charge < -0.3 is 19.9 Å². The van der Waals surface area contributed by atoms with E-state index in [1.54, 1.807) is 0 Å². The number of nitrogens with one attached hydrogen (secondary N) is 2. The Morgan fingerprint density at radius 3 is 2.18 bits per heavy atom. The molecule has 3 aromatic rings. The zero-order valence-corrected chi connectivity index (χ0v) is 20.1. The van der Waals surface area contributed by atoms with Crippen LogP contribution in [-0.2, 0) is 10.0 Å². The van der Waals surface area contributed by atoms with Gasteiger partial charge in [0.15, 0.2) is 11.5 Å². The van der Waals surface area contributed by atoms with Crippen LogP contribution in [0.2, 0.25) is 10.0 Å². The van der Waals surface area contributed by atoms with Crippen LogP contribution in [0.3, 0.4) is 0 Å². The Morgan fingerprint density at radius 2 is 1.59 bits per heavy atom. The summed E-state index contributed by atoms with van der Waals surface area (Å²) in [4.78, 5) is 23.6. The summed E-state index contributed by atoms with van der Waals surface area (Å²) in [5.74, 6) is -1.59. The number of hydrogen-bond donors (Lipinski definition) is 3. The number of carbonyl (C=O) groups excluding carboxylic acids is 1. The fraction of sp³-hybridized carbons (Fsp3) is 0.0909. The molecule has 1 amide bonds. The normalized spacial score (nSPS) is 10.9. The summed E-state index contributed by atoms with van der Waals surface area (Å²) in [5, 5.41) is 11.7. The number of rotatable bonds is 8. The van der Waals surface area contributed by atoms with Gasteiger partial charge in [-0.15, -0.1) is 0 Å². The minimum absolute atomic E-state index is 0.0339. The van der Waals surface area contributed by atoms with Crippen LogP contribution in [0.15, 0.2) is 59.5 Å². The summed E-state index contributed by atoms with van der Waals surface area (Å²) in [6, 6.07) is 12.1. The molecule has 0 radical (unpaired) electrons. The average Bonchev–Trinajstić information content (AvgIpc) is 2.80. The van der Waals surface area contributed by atoms with Gasteiger partial charge in [-0.05, 0) is 54.6 Å². The van der Waals surface area contributed by atoms with E-state index in [0.717, 1.165) is 0 Å². The molecule has 0 aliphatic heterocycles. The third kappa shape index (κ3) is 5.53. The summed E-state index contributed by atoms with van der Waals surface area (Å²) >= 11 is 12.0. The highest BCUT2D eigenvalue weighted by molar-refractivity contribution is 7.92. The van der Waals surface area contributed by atoms with Gasteiger partial charge in [-0.2, -0.15) is 0 Å². The largest absolute Gasteiger partial charge is 0.493 e. The number of carbonyl (C=O) groups is 2. The van der Waals surface area contributed by atoms with Crippen molar-refractivity contribution < 1.29 is 32.6 Å². The first-order valence-electron chi connectivity index (χ1n) is 9.44. The number of amides is 1. The van der Waals surface area contributed by atoms with Crippen LogP contribution < -0.4 is 19.5 Å². The summed E-state index contributed by atoms with van der Waals surface area (Å²) in [5.41, 5.74) is 0.345. The maximum atomic E-state index is 13.0. The molecule has 178 valence electrons. The van der Waals surface area contributed by atoms with Crippen LogP contribution in [0.1, 0.15) is 20.7 Å². The predicted molar refractivity (Wildman–Crippen MR) is 128 cm³/mol. The first-order chi connectivity index (χ1) is 16.1. The van der Waals surface area contributed by atoms with Crippen molar-refractivity contribution >= 4 is 56.5 Å². The van der Waals surface area contributed by atoms with Crippen molar-refractivity contribution in [1.82, 2.24) is 0 Å². The molecule has 0 spiro atoms. The quantitative estimate of drug-likeness (QED) is 0.387.